The van der Waals surface area contributed by atoms with Crippen molar-refractivity contribution in [2.75, 3.05) is 0 Å². The highest BCUT2D eigenvalue weighted by Gasteiger charge is 2.19. The highest BCUT2D eigenvalue weighted by molar-refractivity contribution is 5.53. The molecule has 0 aliphatic heterocycles. The third kappa shape index (κ3) is 2.34. The van der Waals surface area contributed by atoms with Gasteiger partial charge in [-0.2, -0.15) is 4.98 Å². The van der Waals surface area contributed by atoms with Crippen molar-refractivity contribution in [3.8, 4) is 11.5 Å². The number of rotatable bonds is 3. The molecular formula is C12H16N4O. The van der Waals surface area contributed by atoms with Crippen LogP contribution in [0.3, 0.4) is 0 Å². The summed E-state index contributed by atoms with van der Waals surface area (Å²) in [4.78, 5) is 8.59. The molecule has 2 rings (SSSR count). The standard InChI is InChI=1S/C12H16N4O/c1-7-5-4-6-14-10(7)11-15-12(17-16-11)8(2)9(3)13/h4-6,8-9H,13H2,1-3H3. The van der Waals surface area contributed by atoms with Gasteiger partial charge in [0, 0.05) is 12.2 Å². The topological polar surface area (TPSA) is 77.8 Å². The Labute approximate surface area is 100 Å². The molecule has 0 bridgehead atoms. The molecule has 0 aromatic carbocycles. The fraction of sp³-hybridized carbons (Fsp3) is 0.417. The number of hydrogen-bond donors (Lipinski definition) is 1. The Kier molecular flexibility index (Phi) is 3.19. The van der Waals surface area contributed by atoms with E-state index in [9.17, 15) is 0 Å². The monoisotopic (exact) mass is 232 g/mol. The molecule has 2 unspecified atom stereocenters. The molecular weight excluding hydrogens is 216 g/mol. The fourth-order valence-electron chi connectivity index (χ4n) is 1.46. The first-order valence-electron chi connectivity index (χ1n) is 5.60. The van der Waals surface area contributed by atoms with Gasteiger partial charge in [-0.15, -0.1) is 0 Å². The van der Waals surface area contributed by atoms with E-state index in [2.05, 4.69) is 15.1 Å². The summed E-state index contributed by atoms with van der Waals surface area (Å²) < 4.78 is 5.22. The van der Waals surface area contributed by atoms with Crippen molar-refractivity contribution in [2.45, 2.75) is 32.7 Å². The summed E-state index contributed by atoms with van der Waals surface area (Å²) in [5.74, 6) is 1.12. The van der Waals surface area contributed by atoms with Crippen molar-refractivity contribution in [1.82, 2.24) is 15.1 Å². The van der Waals surface area contributed by atoms with Crippen LogP contribution in [0.5, 0.6) is 0 Å². The maximum atomic E-state index is 5.80. The smallest absolute Gasteiger partial charge is 0.231 e. The van der Waals surface area contributed by atoms with E-state index >= 15 is 0 Å². The van der Waals surface area contributed by atoms with E-state index in [1.54, 1.807) is 6.20 Å². The first-order valence-corrected chi connectivity index (χ1v) is 5.60. The average molecular weight is 232 g/mol. The lowest BCUT2D eigenvalue weighted by Gasteiger charge is -2.09. The molecule has 2 aromatic rings. The van der Waals surface area contributed by atoms with E-state index < -0.39 is 0 Å². The van der Waals surface area contributed by atoms with Crippen LogP contribution in [0.1, 0.15) is 31.2 Å². The zero-order chi connectivity index (χ0) is 12.4. The first kappa shape index (κ1) is 11.7. The van der Waals surface area contributed by atoms with Gasteiger partial charge in [-0.1, -0.05) is 18.1 Å². The molecule has 0 amide bonds. The summed E-state index contributed by atoms with van der Waals surface area (Å²) in [6.07, 6.45) is 1.72. The van der Waals surface area contributed by atoms with Crippen LogP contribution in [0.25, 0.3) is 11.5 Å². The van der Waals surface area contributed by atoms with E-state index in [4.69, 9.17) is 10.3 Å². The first-order chi connectivity index (χ1) is 8.09. The van der Waals surface area contributed by atoms with Gasteiger partial charge in [0.1, 0.15) is 5.69 Å². The largest absolute Gasteiger partial charge is 0.339 e. The third-order valence-electron chi connectivity index (χ3n) is 2.84. The molecule has 2 heterocycles. The van der Waals surface area contributed by atoms with E-state index in [-0.39, 0.29) is 12.0 Å². The Morgan fingerprint density at radius 2 is 2.12 bits per heavy atom. The molecule has 2 aromatic heterocycles. The lowest BCUT2D eigenvalue weighted by molar-refractivity contribution is 0.346. The summed E-state index contributed by atoms with van der Waals surface area (Å²) in [7, 11) is 0. The quantitative estimate of drug-likeness (QED) is 0.874. The van der Waals surface area contributed by atoms with E-state index in [0.29, 0.717) is 11.7 Å². The Morgan fingerprint density at radius 1 is 1.35 bits per heavy atom. The minimum atomic E-state index is -0.0203. The Morgan fingerprint density at radius 3 is 2.76 bits per heavy atom. The molecule has 0 spiro atoms. The minimum absolute atomic E-state index is 0.0203. The van der Waals surface area contributed by atoms with E-state index in [0.717, 1.165) is 11.3 Å². The van der Waals surface area contributed by atoms with Crippen molar-refractivity contribution >= 4 is 0 Å². The highest BCUT2D eigenvalue weighted by Crippen LogP contribution is 2.21. The van der Waals surface area contributed by atoms with Crippen LogP contribution in [0.2, 0.25) is 0 Å². The second kappa shape index (κ2) is 4.63. The zero-order valence-electron chi connectivity index (χ0n) is 10.2. The molecule has 0 radical (unpaired) electrons. The molecule has 0 aliphatic rings. The molecule has 2 N–H and O–H groups in total. The van der Waals surface area contributed by atoms with Crippen molar-refractivity contribution in [3.63, 3.8) is 0 Å². The molecule has 5 heteroatoms. The minimum Gasteiger partial charge on any atom is -0.339 e. The van der Waals surface area contributed by atoms with Crippen LogP contribution in [-0.4, -0.2) is 21.2 Å². The maximum absolute atomic E-state index is 5.80. The van der Waals surface area contributed by atoms with Crippen LogP contribution in [0.4, 0.5) is 0 Å². The third-order valence-corrected chi connectivity index (χ3v) is 2.84. The molecule has 0 saturated heterocycles. The summed E-state index contributed by atoms with van der Waals surface area (Å²) in [6, 6.07) is 3.82. The zero-order valence-corrected chi connectivity index (χ0v) is 10.2. The van der Waals surface area contributed by atoms with Crippen LogP contribution in [-0.2, 0) is 0 Å². The van der Waals surface area contributed by atoms with Gasteiger partial charge in [0.15, 0.2) is 0 Å². The normalized spacial score (nSPS) is 14.6. The van der Waals surface area contributed by atoms with Gasteiger partial charge < -0.3 is 10.3 Å². The predicted molar refractivity (Wildman–Crippen MR) is 64.3 cm³/mol. The molecule has 0 fully saturated rings. The average Bonchev–Trinajstić information content (AvgIpc) is 2.77. The summed E-state index contributed by atoms with van der Waals surface area (Å²) in [6.45, 7) is 5.85. The summed E-state index contributed by atoms with van der Waals surface area (Å²) in [5, 5.41) is 3.95. The Bertz CT molecular complexity index is 507. The van der Waals surface area contributed by atoms with Crippen molar-refractivity contribution in [2.24, 2.45) is 5.73 Å². The molecule has 90 valence electrons. The number of aryl methyl sites for hydroxylation is 1. The van der Waals surface area contributed by atoms with E-state index in [1.165, 1.54) is 0 Å². The highest BCUT2D eigenvalue weighted by atomic mass is 16.5. The number of nitrogens with zero attached hydrogens (tertiary/aromatic N) is 3. The van der Waals surface area contributed by atoms with Crippen LogP contribution in [0.15, 0.2) is 22.9 Å². The summed E-state index contributed by atoms with van der Waals surface area (Å²) >= 11 is 0. The molecule has 2 atom stereocenters. The van der Waals surface area contributed by atoms with Crippen LogP contribution < -0.4 is 5.73 Å². The van der Waals surface area contributed by atoms with Gasteiger partial charge in [-0.05, 0) is 25.5 Å². The van der Waals surface area contributed by atoms with Crippen molar-refractivity contribution in [1.29, 1.82) is 0 Å². The second-order valence-corrected chi connectivity index (χ2v) is 4.27. The van der Waals surface area contributed by atoms with Crippen molar-refractivity contribution in [3.05, 3.63) is 29.8 Å². The fourth-order valence-corrected chi connectivity index (χ4v) is 1.46. The second-order valence-electron chi connectivity index (χ2n) is 4.27. The van der Waals surface area contributed by atoms with Crippen LogP contribution in [0, 0.1) is 6.92 Å². The van der Waals surface area contributed by atoms with Crippen molar-refractivity contribution < 1.29 is 4.52 Å². The van der Waals surface area contributed by atoms with Gasteiger partial charge in [-0.25, -0.2) is 0 Å². The number of hydrogen-bond acceptors (Lipinski definition) is 5. The number of aromatic nitrogens is 3. The Balaban J connectivity index is 2.34. The molecule has 0 aliphatic carbocycles. The van der Waals surface area contributed by atoms with Gasteiger partial charge in [0.2, 0.25) is 11.7 Å². The van der Waals surface area contributed by atoms with E-state index in [1.807, 2.05) is 32.9 Å². The number of nitrogens with two attached hydrogens (primary N) is 1. The van der Waals surface area contributed by atoms with Crippen LogP contribution >= 0.6 is 0 Å². The molecule has 5 nitrogen and oxygen atoms in total. The Hall–Kier alpha value is -1.75. The maximum Gasteiger partial charge on any atom is 0.231 e. The number of pyridine rings is 1. The molecule has 0 saturated carbocycles. The van der Waals surface area contributed by atoms with Gasteiger partial charge >= 0.3 is 0 Å². The lowest BCUT2D eigenvalue weighted by atomic mass is 10.1. The summed E-state index contributed by atoms with van der Waals surface area (Å²) in [5.41, 5.74) is 7.57. The van der Waals surface area contributed by atoms with Gasteiger partial charge in [-0.3, -0.25) is 4.98 Å². The lowest BCUT2D eigenvalue weighted by Crippen LogP contribution is -2.22. The predicted octanol–water partition coefficient (Wildman–Crippen LogP) is 1.89. The SMILES string of the molecule is Cc1cccnc1-c1noc(C(C)C(C)N)n1. The molecule has 17 heavy (non-hydrogen) atoms. The van der Waals surface area contributed by atoms with Gasteiger partial charge in [0.25, 0.3) is 0 Å². The van der Waals surface area contributed by atoms with Gasteiger partial charge in [0.05, 0.1) is 5.92 Å².